The summed E-state index contributed by atoms with van der Waals surface area (Å²) < 4.78 is 10.9. The van der Waals surface area contributed by atoms with E-state index in [1.165, 1.54) is 6.42 Å². The predicted molar refractivity (Wildman–Crippen MR) is 89.0 cm³/mol. The minimum atomic E-state index is -0.588. The average Bonchev–Trinajstić information content (AvgIpc) is 2.87. The molecule has 0 aromatic carbocycles. The van der Waals surface area contributed by atoms with Gasteiger partial charge in [-0.3, -0.25) is 9.69 Å². The Morgan fingerprint density at radius 1 is 1.35 bits per heavy atom. The lowest BCUT2D eigenvalue weighted by molar-refractivity contribution is -0.159. The van der Waals surface area contributed by atoms with Crippen LogP contribution in [0.5, 0.6) is 0 Å². The molecule has 2 N–H and O–H groups in total. The molecule has 3 aliphatic rings. The summed E-state index contributed by atoms with van der Waals surface area (Å²) in [5, 5.41) is 0. The van der Waals surface area contributed by atoms with Gasteiger partial charge in [-0.15, -0.1) is 0 Å². The third kappa shape index (κ3) is 2.12. The van der Waals surface area contributed by atoms with Gasteiger partial charge in [0, 0.05) is 13.1 Å². The van der Waals surface area contributed by atoms with Crippen LogP contribution in [0.25, 0.3) is 0 Å². The van der Waals surface area contributed by atoms with Crippen molar-refractivity contribution >= 4 is 5.97 Å². The second-order valence-electron chi connectivity index (χ2n) is 8.25. The molecule has 0 unspecified atom stereocenters. The Bertz CT molecular complexity index is 475. The highest BCUT2D eigenvalue weighted by molar-refractivity contribution is 5.78. The fourth-order valence-electron chi connectivity index (χ4n) is 5.86. The molecule has 23 heavy (non-hydrogen) atoms. The smallest absolute Gasteiger partial charge is 0.324 e. The summed E-state index contributed by atoms with van der Waals surface area (Å²) in [4.78, 5) is 15.1. The summed E-state index contributed by atoms with van der Waals surface area (Å²) >= 11 is 0. The van der Waals surface area contributed by atoms with Crippen molar-refractivity contribution in [3.8, 4) is 0 Å². The lowest BCUT2D eigenvalue weighted by Crippen LogP contribution is -2.71. The number of hydrogen-bond donors (Lipinski definition) is 1. The van der Waals surface area contributed by atoms with E-state index in [1.807, 2.05) is 6.92 Å². The van der Waals surface area contributed by atoms with E-state index >= 15 is 0 Å². The van der Waals surface area contributed by atoms with Gasteiger partial charge in [-0.1, -0.05) is 20.8 Å². The van der Waals surface area contributed by atoms with Crippen molar-refractivity contribution in [3.63, 3.8) is 0 Å². The van der Waals surface area contributed by atoms with Gasteiger partial charge in [-0.2, -0.15) is 0 Å². The number of carbonyl (C=O) groups excluding carboxylic acids is 1. The Hall–Kier alpha value is -0.650. The van der Waals surface area contributed by atoms with Crippen LogP contribution in [0.4, 0.5) is 0 Å². The molecule has 1 aliphatic heterocycles. The molecule has 1 saturated heterocycles. The van der Waals surface area contributed by atoms with E-state index in [1.54, 1.807) is 0 Å². The zero-order valence-corrected chi connectivity index (χ0v) is 15.1. The average molecular weight is 324 g/mol. The van der Waals surface area contributed by atoms with Gasteiger partial charge in [-0.25, -0.2) is 0 Å². The maximum atomic E-state index is 12.6. The fourth-order valence-corrected chi connectivity index (χ4v) is 5.86. The molecule has 4 atom stereocenters. The first-order valence-corrected chi connectivity index (χ1v) is 9.06. The van der Waals surface area contributed by atoms with Crippen LogP contribution < -0.4 is 5.73 Å². The molecule has 0 aromatic rings. The summed E-state index contributed by atoms with van der Waals surface area (Å²) in [5.41, 5.74) is 6.51. The summed E-state index contributed by atoms with van der Waals surface area (Å²) in [6.07, 6.45) is 3.37. The molecule has 0 aromatic heterocycles. The number of morpholine rings is 1. The Morgan fingerprint density at radius 2 is 2.00 bits per heavy atom. The van der Waals surface area contributed by atoms with E-state index in [0.717, 1.165) is 39.1 Å². The molecule has 5 heteroatoms. The van der Waals surface area contributed by atoms with E-state index < -0.39 is 6.04 Å². The highest BCUT2D eigenvalue weighted by atomic mass is 16.5. The number of fused-ring (bicyclic) bond motifs is 2. The van der Waals surface area contributed by atoms with Crippen molar-refractivity contribution < 1.29 is 14.3 Å². The minimum Gasteiger partial charge on any atom is -0.465 e. The molecule has 2 aliphatic carbocycles. The fraction of sp³-hybridized carbons (Fsp3) is 0.944. The van der Waals surface area contributed by atoms with Gasteiger partial charge in [0.15, 0.2) is 0 Å². The second-order valence-corrected chi connectivity index (χ2v) is 8.25. The quantitative estimate of drug-likeness (QED) is 0.799. The van der Waals surface area contributed by atoms with Gasteiger partial charge in [0.2, 0.25) is 0 Å². The van der Waals surface area contributed by atoms with Crippen molar-refractivity contribution in [2.45, 2.75) is 58.5 Å². The van der Waals surface area contributed by atoms with E-state index in [2.05, 4.69) is 25.7 Å². The van der Waals surface area contributed by atoms with Gasteiger partial charge in [0.1, 0.15) is 6.04 Å². The van der Waals surface area contributed by atoms with Gasteiger partial charge in [0.05, 0.1) is 25.4 Å². The highest BCUT2D eigenvalue weighted by Crippen LogP contribution is 2.71. The molecule has 3 fully saturated rings. The van der Waals surface area contributed by atoms with Crippen molar-refractivity contribution in [2.24, 2.45) is 22.5 Å². The molecule has 0 spiro atoms. The number of ether oxygens (including phenoxy) is 2. The monoisotopic (exact) mass is 324 g/mol. The molecule has 1 heterocycles. The summed E-state index contributed by atoms with van der Waals surface area (Å²) in [6, 6.07) is -0.588. The number of hydrogen-bond acceptors (Lipinski definition) is 5. The Balaban J connectivity index is 2.03. The lowest BCUT2D eigenvalue weighted by atomic mass is 9.59. The van der Waals surface area contributed by atoms with Crippen LogP contribution in [-0.2, 0) is 14.3 Å². The number of carbonyl (C=O) groups is 1. The third-order valence-corrected chi connectivity index (χ3v) is 7.58. The summed E-state index contributed by atoms with van der Waals surface area (Å²) in [5.74, 6) is 0.374. The summed E-state index contributed by atoms with van der Waals surface area (Å²) in [7, 11) is 0. The normalized spacial score (nSPS) is 41.0. The van der Waals surface area contributed by atoms with E-state index in [4.69, 9.17) is 15.2 Å². The third-order valence-electron chi connectivity index (χ3n) is 7.58. The maximum Gasteiger partial charge on any atom is 0.324 e. The van der Waals surface area contributed by atoms with Crippen LogP contribution in [0.2, 0.25) is 0 Å². The maximum absolute atomic E-state index is 12.6. The molecule has 3 rings (SSSR count). The van der Waals surface area contributed by atoms with Crippen LogP contribution in [0.3, 0.4) is 0 Å². The topological polar surface area (TPSA) is 64.8 Å². The van der Waals surface area contributed by atoms with Crippen LogP contribution in [0, 0.1) is 16.7 Å². The highest BCUT2D eigenvalue weighted by Gasteiger charge is 2.73. The molecule has 2 bridgehead atoms. The molecular weight excluding hydrogens is 292 g/mol. The first-order chi connectivity index (χ1) is 10.8. The van der Waals surface area contributed by atoms with E-state index in [9.17, 15) is 4.79 Å². The predicted octanol–water partition coefficient (Wildman–Crippen LogP) is 1.79. The number of nitrogens with zero attached hydrogens (tertiary/aromatic N) is 1. The van der Waals surface area contributed by atoms with Crippen LogP contribution >= 0.6 is 0 Å². The molecule has 0 radical (unpaired) electrons. The Labute approximate surface area is 139 Å². The number of esters is 1. The van der Waals surface area contributed by atoms with E-state index in [-0.39, 0.29) is 22.3 Å². The molecule has 132 valence electrons. The summed E-state index contributed by atoms with van der Waals surface area (Å²) in [6.45, 7) is 12.5. The number of nitrogens with two attached hydrogens (primary N) is 1. The van der Waals surface area contributed by atoms with Crippen molar-refractivity contribution in [3.05, 3.63) is 0 Å². The zero-order valence-electron chi connectivity index (χ0n) is 15.1. The van der Waals surface area contributed by atoms with Crippen LogP contribution in [0.1, 0.15) is 47.0 Å². The molecule has 2 saturated carbocycles. The Morgan fingerprint density at radius 3 is 2.48 bits per heavy atom. The van der Waals surface area contributed by atoms with Gasteiger partial charge < -0.3 is 15.2 Å². The Kier molecular flexibility index (Phi) is 4.27. The van der Waals surface area contributed by atoms with Crippen molar-refractivity contribution in [2.75, 3.05) is 32.9 Å². The first kappa shape index (κ1) is 17.2. The second kappa shape index (κ2) is 5.71. The molecule has 0 amide bonds. The standard InChI is InChI=1S/C18H32N2O3/c1-5-23-15(21)14(19)18(20-8-10-22-11-9-20)12-13-6-7-17(18,4)16(13,2)3/h13-14H,5-12,19H2,1-4H3/t13-,14+,17-,18+/m0/s1. The van der Waals surface area contributed by atoms with Crippen LogP contribution in [0.15, 0.2) is 0 Å². The minimum absolute atomic E-state index is 0.0220. The number of rotatable bonds is 4. The van der Waals surface area contributed by atoms with Crippen LogP contribution in [-0.4, -0.2) is 55.4 Å². The van der Waals surface area contributed by atoms with Gasteiger partial charge >= 0.3 is 5.97 Å². The SMILES string of the molecule is CCOC(=O)[C@@H](N)[C@]1(N2CCOCC2)C[C@@H]2CC[C@@]1(C)C2(C)C. The van der Waals surface area contributed by atoms with Crippen molar-refractivity contribution in [1.29, 1.82) is 0 Å². The lowest BCUT2D eigenvalue weighted by Gasteiger charge is -2.57. The molecular formula is C18H32N2O3. The van der Waals surface area contributed by atoms with Gasteiger partial charge in [0.25, 0.3) is 0 Å². The van der Waals surface area contributed by atoms with E-state index in [0.29, 0.717) is 12.5 Å². The van der Waals surface area contributed by atoms with Crippen molar-refractivity contribution in [1.82, 2.24) is 4.90 Å². The van der Waals surface area contributed by atoms with Gasteiger partial charge in [-0.05, 0) is 42.9 Å². The first-order valence-electron chi connectivity index (χ1n) is 9.06. The zero-order chi connectivity index (χ0) is 16.9. The largest absolute Gasteiger partial charge is 0.465 e. The molecule has 5 nitrogen and oxygen atoms in total.